The van der Waals surface area contributed by atoms with Crippen LogP contribution in [0.1, 0.15) is 31.9 Å². The maximum absolute atomic E-state index is 5.62. The van der Waals surface area contributed by atoms with Crippen molar-refractivity contribution in [1.82, 2.24) is 15.2 Å². The van der Waals surface area contributed by atoms with E-state index in [2.05, 4.69) is 22.2 Å². The first-order chi connectivity index (χ1) is 11.8. The van der Waals surface area contributed by atoms with Gasteiger partial charge in [0.25, 0.3) is 0 Å². The summed E-state index contributed by atoms with van der Waals surface area (Å²) < 4.78 is 11.1. The lowest BCUT2D eigenvalue weighted by Crippen LogP contribution is -2.29. The maximum atomic E-state index is 5.62. The largest absolute Gasteiger partial charge is 0.494 e. The van der Waals surface area contributed by atoms with Crippen LogP contribution < -0.4 is 10.1 Å². The van der Waals surface area contributed by atoms with Crippen molar-refractivity contribution in [2.24, 2.45) is 0 Å². The Labute approximate surface area is 144 Å². The smallest absolute Gasteiger partial charge is 0.226 e. The molecule has 130 valence electrons. The summed E-state index contributed by atoms with van der Waals surface area (Å²) in [6.07, 6.45) is 5.58. The number of oxazole rings is 1. The zero-order valence-corrected chi connectivity index (χ0v) is 14.6. The molecule has 1 atom stereocenters. The Balaban J connectivity index is 1.49. The van der Waals surface area contributed by atoms with Crippen molar-refractivity contribution < 1.29 is 9.15 Å². The van der Waals surface area contributed by atoms with Crippen molar-refractivity contribution in [3.05, 3.63) is 36.2 Å². The van der Waals surface area contributed by atoms with Gasteiger partial charge in [-0.15, -0.1) is 0 Å². The van der Waals surface area contributed by atoms with Crippen LogP contribution in [-0.2, 0) is 6.54 Å². The normalized spacial score (nSPS) is 18.2. The Hall–Kier alpha value is -1.85. The summed E-state index contributed by atoms with van der Waals surface area (Å²) in [6.45, 7) is 5.62. The van der Waals surface area contributed by atoms with Crippen molar-refractivity contribution >= 4 is 0 Å². The van der Waals surface area contributed by atoms with Crippen LogP contribution in [0, 0.1) is 0 Å². The fraction of sp³-hybridized carbons (Fsp3) is 0.526. The highest BCUT2D eigenvalue weighted by Gasteiger charge is 2.19. The second-order valence-electron chi connectivity index (χ2n) is 6.35. The molecule has 1 aliphatic rings. The number of hydrogen-bond donors (Lipinski definition) is 1. The quantitative estimate of drug-likeness (QED) is 0.753. The number of likely N-dealkylation sites (tertiary alicyclic amines) is 1. The molecule has 0 saturated carbocycles. The van der Waals surface area contributed by atoms with Gasteiger partial charge in [0.1, 0.15) is 12.0 Å². The molecule has 1 saturated heterocycles. The third-order valence-electron chi connectivity index (χ3n) is 4.58. The van der Waals surface area contributed by atoms with Crippen molar-refractivity contribution in [1.29, 1.82) is 0 Å². The summed E-state index contributed by atoms with van der Waals surface area (Å²) in [5.41, 5.74) is 1.88. The highest BCUT2D eigenvalue weighted by Crippen LogP contribution is 2.23. The fourth-order valence-corrected chi connectivity index (χ4v) is 3.24. The molecule has 2 heterocycles. The second-order valence-corrected chi connectivity index (χ2v) is 6.35. The average Bonchev–Trinajstić information content (AvgIpc) is 3.22. The number of benzene rings is 1. The zero-order chi connectivity index (χ0) is 16.8. The lowest BCUT2D eigenvalue weighted by Gasteiger charge is -2.19. The lowest BCUT2D eigenvalue weighted by molar-refractivity contribution is 0.293. The minimum absolute atomic E-state index is 0.642. The van der Waals surface area contributed by atoms with Gasteiger partial charge in [0.05, 0.1) is 12.3 Å². The molecule has 5 nitrogen and oxygen atoms in total. The highest BCUT2D eigenvalue weighted by molar-refractivity contribution is 5.55. The van der Waals surface area contributed by atoms with Crippen LogP contribution in [0.4, 0.5) is 0 Å². The molecule has 1 aromatic heterocycles. The molecular formula is C19H27N3O2. The summed E-state index contributed by atoms with van der Waals surface area (Å²) in [5, 5.41) is 3.47. The molecule has 0 spiro atoms. The van der Waals surface area contributed by atoms with E-state index in [0.717, 1.165) is 36.1 Å². The van der Waals surface area contributed by atoms with Crippen LogP contribution in [0.25, 0.3) is 11.5 Å². The van der Waals surface area contributed by atoms with E-state index in [1.165, 1.54) is 25.8 Å². The van der Waals surface area contributed by atoms with Crippen molar-refractivity contribution in [2.75, 3.05) is 26.7 Å². The molecule has 1 aliphatic heterocycles. The van der Waals surface area contributed by atoms with E-state index < -0.39 is 0 Å². The SMILES string of the molecule is CCOc1cccc(-c2nc(CNCCC3CCCN3C)co2)c1. The van der Waals surface area contributed by atoms with Crippen LogP contribution in [-0.4, -0.2) is 42.7 Å². The Morgan fingerprint density at radius 1 is 1.42 bits per heavy atom. The number of aromatic nitrogens is 1. The van der Waals surface area contributed by atoms with Crippen molar-refractivity contribution in [3.8, 4) is 17.2 Å². The number of ether oxygens (including phenoxy) is 1. The van der Waals surface area contributed by atoms with E-state index >= 15 is 0 Å². The molecule has 0 radical (unpaired) electrons. The topological polar surface area (TPSA) is 50.5 Å². The average molecular weight is 329 g/mol. The highest BCUT2D eigenvalue weighted by atomic mass is 16.5. The molecule has 0 bridgehead atoms. The standard InChI is InChI=1S/C19H27N3O2/c1-3-23-18-8-4-6-15(12-18)19-21-16(14-24-19)13-20-10-9-17-7-5-11-22(17)2/h4,6,8,12,14,17,20H,3,5,7,9-11,13H2,1-2H3. The molecule has 1 fully saturated rings. The summed E-state index contributed by atoms with van der Waals surface area (Å²) in [5.74, 6) is 1.48. The van der Waals surface area contributed by atoms with Gasteiger partial charge in [-0.1, -0.05) is 6.07 Å². The van der Waals surface area contributed by atoms with Gasteiger partial charge in [-0.2, -0.15) is 0 Å². The predicted molar refractivity (Wildman–Crippen MR) is 95.1 cm³/mol. The van der Waals surface area contributed by atoms with Gasteiger partial charge in [-0.3, -0.25) is 0 Å². The van der Waals surface area contributed by atoms with Gasteiger partial charge in [0, 0.05) is 18.2 Å². The molecule has 0 amide bonds. The van der Waals surface area contributed by atoms with Gasteiger partial charge in [0.15, 0.2) is 0 Å². The molecule has 2 aromatic rings. The number of hydrogen-bond acceptors (Lipinski definition) is 5. The minimum atomic E-state index is 0.642. The first-order valence-electron chi connectivity index (χ1n) is 8.85. The van der Waals surface area contributed by atoms with Gasteiger partial charge in [0.2, 0.25) is 5.89 Å². The first-order valence-corrected chi connectivity index (χ1v) is 8.85. The van der Waals surface area contributed by atoms with Crippen molar-refractivity contribution in [3.63, 3.8) is 0 Å². The third kappa shape index (κ3) is 4.36. The number of rotatable bonds is 8. The van der Waals surface area contributed by atoms with Gasteiger partial charge < -0.3 is 19.4 Å². The van der Waals surface area contributed by atoms with Crippen molar-refractivity contribution in [2.45, 2.75) is 38.8 Å². The van der Waals surface area contributed by atoms with Crippen LogP contribution in [0.5, 0.6) is 5.75 Å². The monoisotopic (exact) mass is 329 g/mol. The fourth-order valence-electron chi connectivity index (χ4n) is 3.24. The van der Waals surface area contributed by atoms with Crippen LogP contribution >= 0.6 is 0 Å². The second kappa shape index (κ2) is 8.31. The molecule has 24 heavy (non-hydrogen) atoms. The summed E-state index contributed by atoms with van der Waals surface area (Å²) in [4.78, 5) is 7.03. The minimum Gasteiger partial charge on any atom is -0.494 e. The molecule has 1 unspecified atom stereocenters. The van der Waals surface area contributed by atoms with Crippen LogP contribution in [0.2, 0.25) is 0 Å². The van der Waals surface area contributed by atoms with Crippen LogP contribution in [0.15, 0.2) is 34.9 Å². The third-order valence-corrected chi connectivity index (χ3v) is 4.58. The van der Waals surface area contributed by atoms with Gasteiger partial charge >= 0.3 is 0 Å². The molecule has 1 aromatic carbocycles. The molecule has 5 heteroatoms. The van der Waals surface area contributed by atoms with E-state index in [1.54, 1.807) is 6.26 Å². The van der Waals surface area contributed by atoms with E-state index in [1.807, 2.05) is 31.2 Å². The number of nitrogens with one attached hydrogen (secondary N) is 1. The Bertz CT molecular complexity index is 641. The Morgan fingerprint density at radius 2 is 2.33 bits per heavy atom. The first kappa shape index (κ1) is 17.0. The lowest BCUT2D eigenvalue weighted by atomic mass is 10.1. The molecule has 1 N–H and O–H groups in total. The Morgan fingerprint density at radius 3 is 3.12 bits per heavy atom. The van der Waals surface area contributed by atoms with E-state index in [4.69, 9.17) is 9.15 Å². The van der Waals surface area contributed by atoms with Crippen LogP contribution in [0.3, 0.4) is 0 Å². The predicted octanol–water partition coefficient (Wildman–Crippen LogP) is 3.31. The zero-order valence-electron chi connectivity index (χ0n) is 14.6. The molecule has 3 rings (SSSR count). The maximum Gasteiger partial charge on any atom is 0.226 e. The summed E-state index contributed by atoms with van der Waals surface area (Å²) >= 11 is 0. The molecular weight excluding hydrogens is 302 g/mol. The summed E-state index contributed by atoms with van der Waals surface area (Å²) in [7, 11) is 2.22. The number of nitrogens with zero attached hydrogens (tertiary/aromatic N) is 2. The van der Waals surface area contributed by atoms with E-state index in [9.17, 15) is 0 Å². The van der Waals surface area contributed by atoms with E-state index in [-0.39, 0.29) is 0 Å². The van der Waals surface area contributed by atoms with Gasteiger partial charge in [-0.25, -0.2) is 4.98 Å². The summed E-state index contributed by atoms with van der Waals surface area (Å²) in [6, 6.07) is 8.58. The van der Waals surface area contributed by atoms with E-state index in [0.29, 0.717) is 12.5 Å². The molecule has 0 aliphatic carbocycles. The Kier molecular flexibility index (Phi) is 5.88. The van der Waals surface area contributed by atoms with Gasteiger partial charge in [-0.05, 0) is 64.5 Å².